The van der Waals surface area contributed by atoms with E-state index in [4.69, 9.17) is 9.47 Å². The first kappa shape index (κ1) is 18.8. The molecule has 2 aromatic carbocycles. The summed E-state index contributed by atoms with van der Waals surface area (Å²) in [4.78, 5) is 12.2. The van der Waals surface area contributed by atoms with Crippen molar-refractivity contribution < 1.29 is 14.3 Å². The van der Waals surface area contributed by atoms with Gasteiger partial charge in [0.15, 0.2) is 0 Å². The van der Waals surface area contributed by atoms with Gasteiger partial charge in [-0.3, -0.25) is 4.79 Å². The van der Waals surface area contributed by atoms with Gasteiger partial charge < -0.3 is 14.8 Å². The largest absolute Gasteiger partial charge is 0.497 e. The fraction of sp³-hybridized carbons (Fsp3) is 0.381. The average Bonchev–Trinajstić information content (AvgIpc) is 2.59. The second-order valence-electron chi connectivity index (χ2n) is 7.10. The number of aryl methyl sites for hydroxylation is 1. The molecule has 0 heterocycles. The summed E-state index contributed by atoms with van der Waals surface area (Å²) >= 11 is 0. The van der Waals surface area contributed by atoms with Crippen molar-refractivity contribution in [3.8, 4) is 11.5 Å². The lowest BCUT2D eigenvalue weighted by atomic mass is 9.86. The van der Waals surface area contributed by atoms with Gasteiger partial charge in [0.2, 0.25) is 5.91 Å². The molecule has 0 bridgehead atoms. The van der Waals surface area contributed by atoms with Crippen LogP contribution in [0.2, 0.25) is 0 Å². The third-order valence-electron chi connectivity index (χ3n) is 4.10. The highest BCUT2D eigenvalue weighted by molar-refractivity contribution is 5.91. The molecular weight excluding hydrogens is 314 g/mol. The van der Waals surface area contributed by atoms with Crippen molar-refractivity contribution in [1.82, 2.24) is 0 Å². The first-order valence-corrected chi connectivity index (χ1v) is 8.44. The normalized spacial score (nSPS) is 11.1. The van der Waals surface area contributed by atoms with Gasteiger partial charge >= 0.3 is 0 Å². The zero-order valence-electron chi connectivity index (χ0n) is 15.7. The van der Waals surface area contributed by atoms with Crippen LogP contribution in [-0.4, -0.2) is 20.1 Å². The van der Waals surface area contributed by atoms with Crippen molar-refractivity contribution in [2.24, 2.45) is 0 Å². The maximum absolute atomic E-state index is 12.2. The molecule has 1 N–H and O–H groups in total. The first-order chi connectivity index (χ1) is 11.8. The summed E-state index contributed by atoms with van der Waals surface area (Å²) in [6.45, 7) is 6.58. The number of carbonyl (C=O) groups excluding carboxylic acids is 1. The van der Waals surface area contributed by atoms with E-state index in [0.717, 1.165) is 5.56 Å². The number of nitrogens with one attached hydrogen (secondary N) is 1. The Balaban J connectivity index is 1.95. The summed E-state index contributed by atoms with van der Waals surface area (Å²) in [6, 6.07) is 13.8. The molecule has 0 spiro atoms. The summed E-state index contributed by atoms with van der Waals surface area (Å²) in [5.74, 6) is 1.26. The molecule has 0 unspecified atom stereocenters. The second-order valence-corrected chi connectivity index (χ2v) is 7.10. The molecule has 0 aromatic heterocycles. The molecule has 4 heteroatoms. The standard InChI is InChI=1S/C21H27NO3/c1-21(2,3)16-9-6-15(7-10-16)8-11-20(23)22-17-12-18(24-4)14-19(13-17)25-5/h6-7,9-10,12-14H,8,11H2,1-5H3,(H,22,23). The highest BCUT2D eigenvalue weighted by Crippen LogP contribution is 2.26. The van der Waals surface area contributed by atoms with Crippen molar-refractivity contribution in [3.63, 3.8) is 0 Å². The first-order valence-electron chi connectivity index (χ1n) is 8.44. The Hall–Kier alpha value is -2.49. The van der Waals surface area contributed by atoms with E-state index in [-0.39, 0.29) is 11.3 Å². The van der Waals surface area contributed by atoms with E-state index in [2.05, 4.69) is 50.4 Å². The number of carbonyl (C=O) groups is 1. The number of rotatable bonds is 6. The van der Waals surface area contributed by atoms with Crippen molar-refractivity contribution >= 4 is 11.6 Å². The Morgan fingerprint density at radius 2 is 1.52 bits per heavy atom. The Kier molecular flexibility index (Phi) is 6.07. The number of benzene rings is 2. The van der Waals surface area contributed by atoms with Crippen LogP contribution in [0.4, 0.5) is 5.69 Å². The number of anilines is 1. The zero-order chi connectivity index (χ0) is 18.4. The maximum Gasteiger partial charge on any atom is 0.224 e. The Labute approximate surface area is 150 Å². The number of hydrogen-bond acceptors (Lipinski definition) is 3. The predicted molar refractivity (Wildman–Crippen MR) is 102 cm³/mol. The van der Waals surface area contributed by atoms with Crippen molar-refractivity contribution in [2.75, 3.05) is 19.5 Å². The van der Waals surface area contributed by atoms with Crippen LogP contribution in [0.5, 0.6) is 11.5 Å². The summed E-state index contributed by atoms with van der Waals surface area (Å²) in [6.07, 6.45) is 1.13. The number of hydrogen-bond donors (Lipinski definition) is 1. The lowest BCUT2D eigenvalue weighted by Crippen LogP contribution is -2.13. The van der Waals surface area contributed by atoms with Crippen LogP contribution >= 0.6 is 0 Å². The van der Waals surface area contributed by atoms with E-state index in [1.165, 1.54) is 5.56 Å². The fourth-order valence-electron chi connectivity index (χ4n) is 2.53. The third kappa shape index (κ3) is 5.52. The number of ether oxygens (including phenoxy) is 2. The van der Waals surface area contributed by atoms with Crippen LogP contribution in [0, 0.1) is 0 Å². The van der Waals surface area contributed by atoms with E-state index < -0.39 is 0 Å². The molecular formula is C21H27NO3. The molecule has 1 amide bonds. The van der Waals surface area contributed by atoms with Crippen LogP contribution in [0.1, 0.15) is 38.3 Å². The summed E-state index contributed by atoms with van der Waals surface area (Å²) < 4.78 is 10.4. The highest BCUT2D eigenvalue weighted by Gasteiger charge is 2.13. The molecule has 0 saturated carbocycles. The summed E-state index contributed by atoms with van der Waals surface area (Å²) in [5.41, 5.74) is 3.27. The topological polar surface area (TPSA) is 47.6 Å². The van der Waals surface area contributed by atoms with E-state index in [9.17, 15) is 4.79 Å². The molecule has 0 atom stereocenters. The molecule has 0 aliphatic carbocycles. The monoisotopic (exact) mass is 341 g/mol. The molecule has 4 nitrogen and oxygen atoms in total. The molecule has 2 rings (SSSR count). The Bertz CT molecular complexity index is 693. The predicted octanol–water partition coefficient (Wildman–Crippen LogP) is 4.57. The molecule has 0 fully saturated rings. The third-order valence-corrected chi connectivity index (χ3v) is 4.10. The lowest BCUT2D eigenvalue weighted by Gasteiger charge is -2.19. The van der Waals surface area contributed by atoms with Gasteiger partial charge in [-0.1, -0.05) is 45.0 Å². The van der Waals surface area contributed by atoms with Crippen molar-refractivity contribution in [1.29, 1.82) is 0 Å². The molecule has 134 valence electrons. The van der Waals surface area contributed by atoms with Gasteiger partial charge in [-0.15, -0.1) is 0 Å². The summed E-state index contributed by atoms with van der Waals surface area (Å²) in [5, 5.41) is 2.90. The van der Waals surface area contributed by atoms with Gasteiger partial charge in [0.25, 0.3) is 0 Å². The van der Waals surface area contributed by atoms with Gasteiger partial charge in [-0.2, -0.15) is 0 Å². The van der Waals surface area contributed by atoms with Crippen LogP contribution in [0.25, 0.3) is 0 Å². The van der Waals surface area contributed by atoms with Gasteiger partial charge in [0.1, 0.15) is 11.5 Å². The van der Waals surface area contributed by atoms with Crippen LogP contribution in [0.15, 0.2) is 42.5 Å². The highest BCUT2D eigenvalue weighted by atomic mass is 16.5. The molecule has 25 heavy (non-hydrogen) atoms. The quantitative estimate of drug-likeness (QED) is 0.837. The minimum absolute atomic E-state index is 0.0322. The molecule has 2 aromatic rings. The fourth-order valence-corrected chi connectivity index (χ4v) is 2.53. The van der Waals surface area contributed by atoms with Gasteiger partial charge in [0.05, 0.1) is 14.2 Å². The van der Waals surface area contributed by atoms with Crippen molar-refractivity contribution in [2.45, 2.75) is 39.0 Å². The Morgan fingerprint density at radius 1 is 0.960 bits per heavy atom. The molecule has 0 aliphatic rings. The average molecular weight is 341 g/mol. The van der Waals surface area contributed by atoms with Crippen molar-refractivity contribution in [3.05, 3.63) is 53.6 Å². The Morgan fingerprint density at radius 3 is 2.00 bits per heavy atom. The van der Waals surface area contributed by atoms with E-state index >= 15 is 0 Å². The van der Waals surface area contributed by atoms with E-state index in [0.29, 0.717) is 30.0 Å². The molecule has 0 radical (unpaired) electrons. The van der Waals surface area contributed by atoms with Crippen LogP contribution in [-0.2, 0) is 16.6 Å². The van der Waals surface area contributed by atoms with E-state index in [1.807, 2.05) is 0 Å². The number of amides is 1. The molecule has 0 saturated heterocycles. The van der Waals surface area contributed by atoms with Gasteiger partial charge in [0, 0.05) is 30.3 Å². The molecule has 0 aliphatic heterocycles. The van der Waals surface area contributed by atoms with Gasteiger partial charge in [-0.05, 0) is 23.0 Å². The maximum atomic E-state index is 12.2. The smallest absolute Gasteiger partial charge is 0.224 e. The SMILES string of the molecule is COc1cc(NC(=O)CCc2ccc(C(C)(C)C)cc2)cc(OC)c1. The minimum Gasteiger partial charge on any atom is -0.497 e. The van der Waals surface area contributed by atoms with Crippen LogP contribution in [0.3, 0.4) is 0 Å². The summed E-state index contributed by atoms with van der Waals surface area (Å²) in [7, 11) is 3.17. The second kappa shape index (κ2) is 8.06. The van der Waals surface area contributed by atoms with E-state index in [1.54, 1.807) is 32.4 Å². The zero-order valence-corrected chi connectivity index (χ0v) is 15.7. The van der Waals surface area contributed by atoms with Crippen LogP contribution < -0.4 is 14.8 Å². The lowest BCUT2D eigenvalue weighted by molar-refractivity contribution is -0.116. The minimum atomic E-state index is -0.0322. The number of methoxy groups -OCH3 is 2. The van der Waals surface area contributed by atoms with Gasteiger partial charge in [-0.25, -0.2) is 0 Å².